The first-order valence-electron chi connectivity index (χ1n) is 8.24. The number of carboxylic acids is 1. The molecule has 1 atom stereocenters. The number of hydrogen-bond donors (Lipinski definition) is 1. The first-order valence-corrected chi connectivity index (χ1v) is 8.24. The van der Waals surface area contributed by atoms with Crippen LogP contribution in [-0.2, 0) is 19.7 Å². The Bertz CT molecular complexity index is 639. The van der Waals surface area contributed by atoms with Crippen molar-refractivity contribution in [2.75, 3.05) is 26.3 Å². The third-order valence-electron chi connectivity index (χ3n) is 5.43. The lowest BCUT2D eigenvalue weighted by Gasteiger charge is -2.39. The zero-order chi connectivity index (χ0) is 17.4. The molecule has 2 aliphatic heterocycles. The van der Waals surface area contributed by atoms with Crippen LogP contribution in [0.5, 0.6) is 0 Å². The average molecular weight is 335 g/mol. The number of rotatable bonds is 3. The largest absolute Gasteiger partial charge is 0.481 e. The molecular weight excluding hydrogens is 313 g/mol. The van der Waals surface area contributed by atoms with E-state index >= 15 is 0 Å². The van der Waals surface area contributed by atoms with Crippen molar-refractivity contribution < 1.29 is 23.8 Å². The Hall–Kier alpha value is -1.95. The number of benzene rings is 1. The first kappa shape index (κ1) is 16.9. The second-order valence-corrected chi connectivity index (χ2v) is 7.04. The molecule has 1 aromatic carbocycles. The molecule has 1 aromatic rings. The van der Waals surface area contributed by atoms with Crippen molar-refractivity contribution in [1.29, 1.82) is 0 Å². The van der Waals surface area contributed by atoms with Gasteiger partial charge in [-0.3, -0.25) is 9.59 Å². The summed E-state index contributed by atoms with van der Waals surface area (Å²) in [5.74, 6) is -1.28. The fourth-order valence-corrected chi connectivity index (χ4v) is 3.73. The predicted octanol–water partition coefficient (Wildman–Crippen LogP) is 2.20. The van der Waals surface area contributed by atoms with Crippen molar-refractivity contribution in [3.8, 4) is 0 Å². The van der Waals surface area contributed by atoms with Gasteiger partial charge in [-0.05, 0) is 43.9 Å². The van der Waals surface area contributed by atoms with Crippen LogP contribution in [0.1, 0.15) is 31.7 Å². The Morgan fingerprint density at radius 2 is 1.79 bits per heavy atom. The number of likely N-dealkylation sites (tertiary alicyclic amines) is 1. The maximum absolute atomic E-state index is 13.3. The Kier molecular flexibility index (Phi) is 4.34. The van der Waals surface area contributed by atoms with Gasteiger partial charge in [0, 0.05) is 26.3 Å². The molecule has 2 fully saturated rings. The minimum atomic E-state index is -0.898. The van der Waals surface area contributed by atoms with Crippen LogP contribution >= 0.6 is 0 Å². The van der Waals surface area contributed by atoms with E-state index < -0.39 is 16.8 Å². The maximum Gasteiger partial charge on any atom is 0.311 e. The van der Waals surface area contributed by atoms with Crippen LogP contribution in [0.4, 0.5) is 4.39 Å². The van der Waals surface area contributed by atoms with Gasteiger partial charge >= 0.3 is 5.97 Å². The van der Waals surface area contributed by atoms with Crippen molar-refractivity contribution in [2.45, 2.75) is 31.6 Å². The molecule has 0 radical (unpaired) electrons. The quantitative estimate of drug-likeness (QED) is 0.919. The van der Waals surface area contributed by atoms with E-state index in [1.807, 2.05) is 0 Å². The summed E-state index contributed by atoms with van der Waals surface area (Å²) in [4.78, 5) is 26.4. The van der Waals surface area contributed by atoms with E-state index in [0.29, 0.717) is 39.0 Å². The molecule has 3 rings (SSSR count). The Balaban J connectivity index is 1.91. The maximum atomic E-state index is 13.3. The molecule has 1 amide bonds. The second-order valence-electron chi connectivity index (χ2n) is 7.04. The lowest BCUT2D eigenvalue weighted by atomic mass is 9.73. The van der Waals surface area contributed by atoms with Crippen molar-refractivity contribution in [1.82, 2.24) is 4.90 Å². The number of hydrogen-bond acceptors (Lipinski definition) is 3. The van der Waals surface area contributed by atoms with E-state index in [1.54, 1.807) is 24.0 Å². The third-order valence-corrected chi connectivity index (χ3v) is 5.43. The van der Waals surface area contributed by atoms with Crippen LogP contribution in [0.2, 0.25) is 0 Å². The van der Waals surface area contributed by atoms with Gasteiger partial charge in [0.1, 0.15) is 5.82 Å². The number of amides is 1. The fraction of sp³-hybridized carbons (Fsp3) is 0.556. The smallest absolute Gasteiger partial charge is 0.311 e. The molecule has 2 aliphatic rings. The standard InChI is InChI=1S/C18H22FNO4/c1-17(16(22)23)6-9-20(12-17)15(21)18(7-10-24-11-8-18)13-2-4-14(19)5-3-13/h2-5H,6-12H2,1H3,(H,22,23)/t17-/m0/s1. The Labute approximate surface area is 140 Å². The molecule has 0 spiro atoms. The molecule has 130 valence electrons. The number of halogens is 1. The molecule has 1 N–H and O–H groups in total. The molecule has 5 nitrogen and oxygen atoms in total. The van der Waals surface area contributed by atoms with Crippen LogP contribution < -0.4 is 0 Å². The van der Waals surface area contributed by atoms with Gasteiger partial charge in [-0.2, -0.15) is 0 Å². The minimum Gasteiger partial charge on any atom is -0.481 e. The lowest BCUT2D eigenvalue weighted by Crippen LogP contribution is -2.50. The van der Waals surface area contributed by atoms with Crippen LogP contribution in [0.15, 0.2) is 24.3 Å². The molecule has 2 saturated heterocycles. The predicted molar refractivity (Wildman–Crippen MR) is 85.1 cm³/mol. The summed E-state index contributed by atoms with van der Waals surface area (Å²) in [5, 5.41) is 9.39. The molecule has 0 saturated carbocycles. The van der Waals surface area contributed by atoms with Gasteiger partial charge in [-0.1, -0.05) is 12.1 Å². The van der Waals surface area contributed by atoms with Crippen LogP contribution in [0.25, 0.3) is 0 Å². The molecule has 0 bridgehead atoms. The number of carbonyl (C=O) groups is 2. The topological polar surface area (TPSA) is 66.8 Å². The summed E-state index contributed by atoms with van der Waals surface area (Å²) in [5.41, 5.74) is -0.873. The first-order chi connectivity index (χ1) is 11.4. The number of nitrogens with zero attached hydrogens (tertiary/aromatic N) is 1. The Morgan fingerprint density at radius 3 is 2.33 bits per heavy atom. The fourth-order valence-electron chi connectivity index (χ4n) is 3.73. The van der Waals surface area contributed by atoms with Crippen molar-refractivity contribution >= 4 is 11.9 Å². The molecule has 0 aromatic heterocycles. The molecule has 0 aliphatic carbocycles. The highest BCUT2D eigenvalue weighted by Gasteiger charge is 2.49. The number of ether oxygens (including phenoxy) is 1. The minimum absolute atomic E-state index is 0.0672. The van der Waals surface area contributed by atoms with Gasteiger partial charge in [-0.25, -0.2) is 4.39 Å². The highest BCUT2D eigenvalue weighted by Crippen LogP contribution is 2.40. The van der Waals surface area contributed by atoms with E-state index in [0.717, 1.165) is 5.56 Å². The summed E-state index contributed by atoms with van der Waals surface area (Å²) in [7, 11) is 0. The van der Waals surface area contributed by atoms with Crippen molar-refractivity contribution in [3.05, 3.63) is 35.6 Å². The summed E-state index contributed by atoms with van der Waals surface area (Å²) in [6.07, 6.45) is 1.50. The van der Waals surface area contributed by atoms with Gasteiger partial charge in [0.25, 0.3) is 0 Å². The summed E-state index contributed by atoms with van der Waals surface area (Å²) in [6.45, 7) is 3.26. The summed E-state index contributed by atoms with van der Waals surface area (Å²) < 4.78 is 18.7. The Morgan fingerprint density at radius 1 is 1.17 bits per heavy atom. The SMILES string of the molecule is C[C@]1(C(=O)O)CCN(C(=O)C2(c3ccc(F)cc3)CCOCC2)C1. The zero-order valence-corrected chi connectivity index (χ0v) is 13.8. The van der Waals surface area contributed by atoms with E-state index in [1.165, 1.54) is 12.1 Å². The van der Waals surface area contributed by atoms with Gasteiger partial charge in [0.05, 0.1) is 10.8 Å². The summed E-state index contributed by atoms with van der Waals surface area (Å²) in [6, 6.07) is 6.05. The lowest BCUT2D eigenvalue weighted by molar-refractivity contribution is -0.148. The molecule has 6 heteroatoms. The number of carboxylic acid groups (broad SMARTS) is 1. The van der Waals surface area contributed by atoms with Gasteiger partial charge in [-0.15, -0.1) is 0 Å². The summed E-state index contributed by atoms with van der Waals surface area (Å²) >= 11 is 0. The second kappa shape index (κ2) is 6.16. The van der Waals surface area contributed by atoms with E-state index in [2.05, 4.69) is 0 Å². The third kappa shape index (κ3) is 2.79. The van der Waals surface area contributed by atoms with Gasteiger partial charge < -0.3 is 14.7 Å². The zero-order valence-electron chi connectivity index (χ0n) is 13.8. The number of aliphatic carboxylic acids is 1. The van der Waals surface area contributed by atoms with E-state index in [9.17, 15) is 19.1 Å². The molecular formula is C18H22FNO4. The highest BCUT2D eigenvalue weighted by atomic mass is 19.1. The average Bonchev–Trinajstić information content (AvgIpc) is 2.99. The van der Waals surface area contributed by atoms with Crippen molar-refractivity contribution in [2.24, 2.45) is 5.41 Å². The van der Waals surface area contributed by atoms with Crippen LogP contribution in [0.3, 0.4) is 0 Å². The van der Waals surface area contributed by atoms with Crippen LogP contribution in [0, 0.1) is 11.2 Å². The highest BCUT2D eigenvalue weighted by molar-refractivity contribution is 5.89. The van der Waals surface area contributed by atoms with E-state index in [-0.39, 0.29) is 18.3 Å². The van der Waals surface area contributed by atoms with Crippen molar-refractivity contribution in [3.63, 3.8) is 0 Å². The van der Waals surface area contributed by atoms with Crippen LogP contribution in [-0.4, -0.2) is 48.2 Å². The van der Waals surface area contributed by atoms with Gasteiger partial charge in [0.15, 0.2) is 0 Å². The normalized spacial score (nSPS) is 26.3. The van der Waals surface area contributed by atoms with Gasteiger partial charge in [0.2, 0.25) is 5.91 Å². The molecule has 0 unspecified atom stereocenters. The van der Waals surface area contributed by atoms with E-state index in [4.69, 9.17) is 4.74 Å². The number of carbonyl (C=O) groups excluding carboxylic acids is 1. The molecule has 24 heavy (non-hydrogen) atoms. The monoisotopic (exact) mass is 335 g/mol. The molecule has 2 heterocycles.